The van der Waals surface area contributed by atoms with E-state index in [9.17, 15) is 9.59 Å². The van der Waals surface area contributed by atoms with Gasteiger partial charge in [0.1, 0.15) is 12.4 Å². The summed E-state index contributed by atoms with van der Waals surface area (Å²) in [4.78, 5) is 26.8. The Bertz CT molecular complexity index is 686. The summed E-state index contributed by atoms with van der Waals surface area (Å²) in [7, 11) is 1.55. The lowest BCUT2D eigenvalue weighted by atomic mass is 10.2. The second kappa shape index (κ2) is 7.45. The first-order valence-electron chi connectivity index (χ1n) is 6.49. The molecule has 0 aliphatic heterocycles. The van der Waals surface area contributed by atoms with Crippen molar-refractivity contribution in [2.75, 3.05) is 12.8 Å². The number of nitrogens with zero attached hydrogens (tertiary/aromatic N) is 1. The molecule has 9 heteroatoms. The van der Waals surface area contributed by atoms with Gasteiger partial charge in [-0.1, -0.05) is 12.1 Å². The highest BCUT2D eigenvalue weighted by Gasteiger charge is 2.25. The molecule has 1 unspecified atom stereocenters. The number of nitrogens with one attached hydrogen (secondary N) is 1. The molecule has 1 heterocycles. The number of nitrogen functional groups attached to an aromatic ring is 1. The van der Waals surface area contributed by atoms with Crippen molar-refractivity contribution in [3.8, 4) is 5.75 Å². The van der Waals surface area contributed by atoms with E-state index in [1.807, 2.05) is 0 Å². The predicted molar refractivity (Wildman–Crippen MR) is 83.2 cm³/mol. The van der Waals surface area contributed by atoms with Crippen molar-refractivity contribution in [2.45, 2.75) is 12.6 Å². The minimum Gasteiger partial charge on any atom is -0.497 e. The van der Waals surface area contributed by atoms with E-state index in [2.05, 4.69) is 10.3 Å². The Morgan fingerprint density at radius 2 is 2.09 bits per heavy atom. The minimum atomic E-state index is -1.31. The number of benzene rings is 1. The molecule has 0 saturated heterocycles. The van der Waals surface area contributed by atoms with Crippen molar-refractivity contribution in [3.63, 3.8) is 0 Å². The molecule has 0 fully saturated rings. The van der Waals surface area contributed by atoms with E-state index in [1.54, 1.807) is 31.4 Å². The van der Waals surface area contributed by atoms with Crippen molar-refractivity contribution in [1.82, 2.24) is 10.3 Å². The van der Waals surface area contributed by atoms with Crippen molar-refractivity contribution in [3.05, 3.63) is 40.9 Å². The summed E-state index contributed by atoms with van der Waals surface area (Å²) < 4.78 is 10.0. The molecule has 0 bridgehead atoms. The fraction of sp³-hybridized carbons (Fsp3) is 0.214. The van der Waals surface area contributed by atoms with E-state index in [0.29, 0.717) is 5.75 Å². The average Bonchev–Trinajstić information content (AvgIpc) is 2.97. The first-order valence-corrected chi connectivity index (χ1v) is 7.37. The van der Waals surface area contributed by atoms with Gasteiger partial charge in [-0.25, -0.2) is 14.6 Å². The molecule has 4 N–H and O–H groups in total. The molecule has 23 heavy (non-hydrogen) atoms. The maximum absolute atomic E-state index is 11.8. The summed E-state index contributed by atoms with van der Waals surface area (Å²) >= 11 is 1.09. The number of aliphatic carboxylic acids is 1. The number of rotatable bonds is 6. The Morgan fingerprint density at radius 3 is 2.61 bits per heavy atom. The van der Waals surface area contributed by atoms with Gasteiger partial charge in [0.2, 0.25) is 0 Å². The van der Waals surface area contributed by atoms with Crippen LogP contribution in [0.2, 0.25) is 0 Å². The highest BCUT2D eigenvalue weighted by atomic mass is 32.1. The van der Waals surface area contributed by atoms with Crippen LogP contribution < -0.4 is 15.8 Å². The van der Waals surface area contributed by atoms with Crippen LogP contribution in [0.4, 0.5) is 9.93 Å². The van der Waals surface area contributed by atoms with Gasteiger partial charge in [0, 0.05) is 5.38 Å². The molecule has 1 atom stereocenters. The van der Waals surface area contributed by atoms with Crippen LogP contribution in [-0.4, -0.2) is 29.3 Å². The number of ether oxygens (including phenoxy) is 2. The van der Waals surface area contributed by atoms with Crippen LogP contribution in [0.3, 0.4) is 0 Å². The molecule has 0 radical (unpaired) electrons. The first kappa shape index (κ1) is 16.6. The standard InChI is InChI=1S/C14H15N3O5S/c1-21-9-4-2-8(3-5-9)6-22-14(20)17-11(12(18)19)10-7-23-13(15)16-10/h2-5,7,11H,6H2,1H3,(H2,15,16)(H,17,20)(H,18,19). The van der Waals surface area contributed by atoms with Gasteiger partial charge in [0.05, 0.1) is 12.8 Å². The summed E-state index contributed by atoms with van der Waals surface area (Å²) in [5.41, 5.74) is 6.36. The van der Waals surface area contributed by atoms with Gasteiger partial charge in [-0.05, 0) is 17.7 Å². The number of hydrogen-bond acceptors (Lipinski definition) is 7. The zero-order valence-corrected chi connectivity index (χ0v) is 13.0. The molecular weight excluding hydrogens is 322 g/mol. The Labute approximate surface area is 135 Å². The second-order valence-electron chi connectivity index (χ2n) is 4.45. The topological polar surface area (TPSA) is 124 Å². The third-order valence-corrected chi connectivity index (χ3v) is 3.57. The summed E-state index contributed by atoms with van der Waals surface area (Å²) in [6, 6.07) is 5.62. The van der Waals surface area contributed by atoms with Gasteiger partial charge in [0.25, 0.3) is 0 Å². The fourth-order valence-corrected chi connectivity index (χ4v) is 2.31. The molecule has 0 saturated carbocycles. The van der Waals surface area contributed by atoms with Crippen LogP contribution in [0.25, 0.3) is 0 Å². The molecule has 1 aromatic carbocycles. The minimum absolute atomic E-state index is 0.00136. The van der Waals surface area contributed by atoms with Crippen LogP contribution in [0.5, 0.6) is 5.75 Å². The Kier molecular flexibility index (Phi) is 5.36. The van der Waals surface area contributed by atoms with Crippen molar-refractivity contribution in [1.29, 1.82) is 0 Å². The third-order valence-electron chi connectivity index (χ3n) is 2.87. The number of methoxy groups -OCH3 is 1. The van der Waals surface area contributed by atoms with Crippen LogP contribution in [-0.2, 0) is 16.1 Å². The van der Waals surface area contributed by atoms with Crippen molar-refractivity contribution < 1.29 is 24.2 Å². The number of anilines is 1. The van der Waals surface area contributed by atoms with E-state index in [1.165, 1.54) is 5.38 Å². The van der Waals surface area contributed by atoms with Gasteiger partial charge in [-0.3, -0.25) is 0 Å². The molecule has 0 aliphatic rings. The Hall–Kier alpha value is -2.81. The van der Waals surface area contributed by atoms with Gasteiger partial charge in [-0.15, -0.1) is 11.3 Å². The maximum Gasteiger partial charge on any atom is 0.408 e. The van der Waals surface area contributed by atoms with Crippen LogP contribution >= 0.6 is 11.3 Å². The van der Waals surface area contributed by atoms with E-state index in [4.69, 9.17) is 20.3 Å². The quantitative estimate of drug-likeness (QED) is 0.734. The Balaban J connectivity index is 1.92. The lowest BCUT2D eigenvalue weighted by Gasteiger charge is -2.12. The van der Waals surface area contributed by atoms with Gasteiger partial charge >= 0.3 is 12.1 Å². The fourth-order valence-electron chi connectivity index (χ4n) is 1.73. The van der Waals surface area contributed by atoms with E-state index < -0.39 is 18.1 Å². The SMILES string of the molecule is COc1ccc(COC(=O)NC(C(=O)O)c2csc(N)n2)cc1. The highest BCUT2D eigenvalue weighted by Crippen LogP contribution is 2.19. The molecule has 2 aromatic rings. The van der Waals surface area contributed by atoms with Crippen LogP contribution in [0.1, 0.15) is 17.3 Å². The first-order chi connectivity index (χ1) is 11.0. The zero-order chi connectivity index (χ0) is 16.8. The lowest BCUT2D eigenvalue weighted by molar-refractivity contribution is -0.139. The van der Waals surface area contributed by atoms with Crippen molar-refractivity contribution in [2.24, 2.45) is 0 Å². The summed E-state index contributed by atoms with van der Waals surface area (Å²) in [5.74, 6) is -0.568. The molecule has 8 nitrogen and oxygen atoms in total. The second-order valence-corrected chi connectivity index (χ2v) is 5.34. The number of carboxylic acids is 1. The number of carbonyl (C=O) groups is 2. The largest absolute Gasteiger partial charge is 0.497 e. The molecule has 0 spiro atoms. The molecular formula is C14H15N3O5S. The van der Waals surface area contributed by atoms with Crippen LogP contribution in [0, 0.1) is 0 Å². The van der Waals surface area contributed by atoms with Crippen molar-refractivity contribution >= 4 is 28.5 Å². The maximum atomic E-state index is 11.8. The molecule has 1 amide bonds. The van der Waals surface area contributed by atoms with E-state index >= 15 is 0 Å². The summed E-state index contributed by atoms with van der Waals surface area (Å²) in [6.07, 6.45) is -0.861. The third kappa shape index (κ3) is 4.58. The summed E-state index contributed by atoms with van der Waals surface area (Å²) in [6.45, 7) is 0.00136. The number of alkyl carbamates (subject to hydrolysis) is 1. The number of amides is 1. The highest BCUT2D eigenvalue weighted by molar-refractivity contribution is 7.13. The summed E-state index contributed by atoms with van der Waals surface area (Å²) in [5, 5.41) is 13.1. The molecule has 0 aliphatic carbocycles. The number of nitrogens with two attached hydrogens (primary N) is 1. The number of hydrogen-bond donors (Lipinski definition) is 3. The number of aromatic nitrogens is 1. The van der Waals surface area contributed by atoms with Gasteiger partial charge in [-0.2, -0.15) is 0 Å². The van der Waals surface area contributed by atoms with E-state index in [-0.39, 0.29) is 17.4 Å². The monoisotopic (exact) mass is 337 g/mol. The predicted octanol–water partition coefficient (Wildman–Crippen LogP) is 1.79. The smallest absolute Gasteiger partial charge is 0.408 e. The van der Waals surface area contributed by atoms with Crippen LogP contribution in [0.15, 0.2) is 29.6 Å². The normalized spacial score (nSPS) is 11.5. The lowest BCUT2D eigenvalue weighted by Crippen LogP contribution is -2.34. The molecule has 122 valence electrons. The molecule has 2 rings (SSSR count). The molecule has 1 aromatic heterocycles. The number of carbonyl (C=O) groups excluding carboxylic acids is 1. The van der Waals surface area contributed by atoms with Gasteiger partial charge < -0.3 is 25.6 Å². The average molecular weight is 337 g/mol. The number of thiazole rings is 1. The van der Waals surface area contributed by atoms with Gasteiger partial charge in [0.15, 0.2) is 11.2 Å². The number of carboxylic acid groups (broad SMARTS) is 1. The zero-order valence-electron chi connectivity index (χ0n) is 12.2. The van der Waals surface area contributed by atoms with E-state index in [0.717, 1.165) is 16.9 Å². The Morgan fingerprint density at radius 1 is 1.39 bits per heavy atom.